The quantitative estimate of drug-likeness (QED) is 0.594. The van der Waals surface area contributed by atoms with E-state index in [1.54, 1.807) is 6.92 Å². The zero-order valence-corrected chi connectivity index (χ0v) is 11.7. The van der Waals surface area contributed by atoms with Gasteiger partial charge in [-0.05, 0) is 26.0 Å². The number of methoxy groups -OCH3 is 1. The van der Waals surface area contributed by atoms with E-state index in [4.69, 9.17) is 21.1 Å². The Labute approximate surface area is 116 Å². The van der Waals surface area contributed by atoms with Crippen molar-refractivity contribution < 1.29 is 23.8 Å². The van der Waals surface area contributed by atoms with Crippen LogP contribution in [0.2, 0.25) is 5.02 Å². The van der Waals surface area contributed by atoms with Gasteiger partial charge in [0.2, 0.25) is 0 Å². The average molecular weight is 287 g/mol. The van der Waals surface area contributed by atoms with E-state index >= 15 is 0 Å². The Hall–Kier alpha value is -1.75. The van der Waals surface area contributed by atoms with Crippen LogP contribution in [0, 0.1) is 0 Å². The van der Waals surface area contributed by atoms with E-state index in [1.165, 1.54) is 26.2 Å². The number of ether oxygens (including phenoxy) is 3. The van der Waals surface area contributed by atoms with Crippen molar-refractivity contribution in [2.45, 2.75) is 20.0 Å². The summed E-state index contributed by atoms with van der Waals surface area (Å²) in [6.07, 6.45) is -0.175. The van der Waals surface area contributed by atoms with Gasteiger partial charge in [-0.1, -0.05) is 11.6 Å². The molecular weight excluding hydrogens is 272 g/mol. The standard InChI is InChI=1S/C13H15ClO5/c1-4-18-11-6-9(7-15)5-10(14)12(11)19-8(2)13(16)17-3/h5-8H,4H2,1-3H3/t8-/m0/s1. The Bertz CT molecular complexity index is 472. The predicted octanol–water partition coefficient (Wildman–Crippen LogP) is 2.49. The minimum absolute atomic E-state index is 0.198. The molecule has 5 nitrogen and oxygen atoms in total. The van der Waals surface area contributed by atoms with Crippen LogP contribution in [-0.2, 0) is 9.53 Å². The molecule has 104 valence electrons. The summed E-state index contributed by atoms with van der Waals surface area (Å²) >= 11 is 6.03. The zero-order valence-electron chi connectivity index (χ0n) is 10.9. The number of hydrogen-bond donors (Lipinski definition) is 0. The number of benzene rings is 1. The predicted molar refractivity (Wildman–Crippen MR) is 70.1 cm³/mol. The minimum Gasteiger partial charge on any atom is -0.490 e. The summed E-state index contributed by atoms with van der Waals surface area (Å²) in [6, 6.07) is 2.94. The topological polar surface area (TPSA) is 61.8 Å². The second-order valence-corrected chi connectivity index (χ2v) is 4.07. The second-order valence-electron chi connectivity index (χ2n) is 3.66. The SMILES string of the molecule is CCOc1cc(C=O)cc(Cl)c1O[C@@H](C)C(=O)OC. The van der Waals surface area contributed by atoms with Crippen LogP contribution in [0.1, 0.15) is 24.2 Å². The van der Waals surface area contributed by atoms with Crippen molar-refractivity contribution in [3.05, 3.63) is 22.7 Å². The molecule has 0 spiro atoms. The number of hydrogen-bond acceptors (Lipinski definition) is 5. The van der Waals surface area contributed by atoms with Crippen molar-refractivity contribution in [1.29, 1.82) is 0 Å². The molecule has 1 aromatic rings. The molecule has 6 heteroatoms. The fraction of sp³-hybridized carbons (Fsp3) is 0.385. The first-order valence-electron chi connectivity index (χ1n) is 5.69. The lowest BCUT2D eigenvalue weighted by atomic mass is 10.2. The number of aldehydes is 1. The maximum atomic E-state index is 11.3. The summed E-state index contributed by atoms with van der Waals surface area (Å²) in [5.41, 5.74) is 0.367. The van der Waals surface area contributed by atoms with Crippen LogP contribution in [-0.4, -0.2) is 32.1 Å². The monoisotopic (exact) mass is 286 g/mol. The number of carbonyl (C=O) groups is 2. The van der Waals surface area contributed by atoms with Gasteiger partial charge in [0.05, 0.1) is 18.7 Å². The van der Waals surface area contributed by atoms with Gasteiger partial charge >= 0.3 is 5.97 Å². The molecule has 0 saturated heterocycles. The van der Waals surface area contributed by atoms with Crippen molar-refractivity contribution >= 4 is 23.9 Å². The van der Waals surface area contributed by atoms with Crippen LogP contribution in [0.4, 0.5) is 0 Å². The van der Waals surface area contributed by atoms with Gasteiger partial charge in [-0.15, -0.1) is 0 Å². The number of carbonyl (C=O) groups excluding carboxylic acids is 2. The molecule has 19 heavy (non-hydrogen) atoms. The van der Waals surface area contributed by atoms with E-state index in [0.717, 1.165) is 0 Å². The lowest BCUT2D eigenvalue weighted by Gasteiger charge is -2.17. The van der Waals surface area contributed by atoms with Gasteiger partial charge in [-0.25, -0.2) is 4.79 Å². The molecule has 1 rings (SSSR count). The van der Waals surface area contributed by atoms with E-state index in [9.17, 15) is 9.59 Å². The van der Waals surface area contributed by atoms with Gasteiger partial charge < -0.3 is 14.2 Å². The van der Waals surface area contributed by atoms with Gasteiger partial charge in [-0.2, -0.15) is 0 Å². The Morgan fingerprint density at radius 2 is 2.16 bits per heavy atom. The van der Waals surface area contributed by atoms with Gasteiger partial charge in [0, 0.05) is 5.56 Å². The van der Waals surface area contributed by atoms with Crippen molar-refractivity contribution in [1.82, 2.24) is 0 Å². The van der Waals surface area contributed by atoms with Gasteiger partial charge in [0.1, 0.15) is 6.29 Å². The van der Waals surface area contributed by atoms with E-state index in [1.807, 2.05) is 0 Å². The summed E-state index contributed by atoms with van der Waals surface area (Å²) in [5, 5.41) is 0.198. The van der Waals surface area contributed by atoms with Crippen LogP contribution in [0.3, 0.4) is 0 Å². The van der Waals surface area contributed by atoms with Crippen LogP contribution in [0.25, 0.3) is 0 Å². The lowest BCUT2D eigenvalue weighted by molar-refractivity contribution is -0.147. The first-order valence-corrected chi connectivity index (χ1v) is 6.07. The van der Waals surface area contributed by atoms with Gasteiger partial charge in [0.25, 0.3) is 0 Å². The van der Waals surface area contributed by atoms with E-state index in [-0.39, 0.29) is 10.8 Å². The zero-order chi connectivity index (χ0) is 14.4. The second kappa shape index (κ2) is 6.99. The van der Waals surface area contributed by atoms with E-state index in [2.05, 4.69) is 4.74 Å². The average Bonchev–Trinajstić information content (AvgIpc) is 2.41. The minimum atomic E-state index is -0.830. The molecule has 1 atom stereocenters. The Balaban J connectivity index is 3.10. The molecule has 0 aromatic heterocycles. The van der Waals surface area contributed by atoms with Crippen molar-refractivity contribution in [3.8, 4) is 11.5 Å². The van der Waals surface area contributed by atoms with Crippen molar-refractivity contribution in [3.63, 3.8) is 0 Å². The molecule has 1 aromatic carbocycles. The Kier molecular flexibility index (Phi) is 5.63. The number of rotatable bonds is 6. The molecular formula is C13H15ClO5. The molecule has 0 heterocycles. The molecule has 0 fully saturated rings. The van der Waals surface area contributed by atoms with Crippen molar-refractivity contribution in [2.75, 3.05) is 13.7 Å². The normalized spacial score (nSPS) is 11.6. The van der Waals surface area contributed by atoms with E-state index in [0.29, 0.717) is 24.2 Å². The first-order chi connectivity index (χ1) is 9.03. The highest BCUT2D eigenvalue weighted by atomic mass is 35.5. The molecule has 0 saturated carbocycles. The third-order valence-corrected chi connectivity index (χ3v) is 2.58. The molecule has 0 N–H and O–H groups in total. The summed E-state index contributed by atoms with van der Waals surface area (Å²) in [6.45, 7) is 3.70. The number of halogens is 1. The summed E-state index contributed by atoms with van der Waals surface area (Å²) in [4.78, 5) is 22.1. The van der Waals surface area contributed by atoms with Crippen LogP contribution in [0.15, 0.2) is 12.1 Å². The third kappa shape index (κ3) is 3.86. The fourth-order valence-corrected chi connectivity index (χ4v) is 1.69. The van der Waals surface area contributed by atoms with Crippen LogP contribution in [0.5, 0.6) is 11.5 Å². The highest BCUT2D eigenvalue weighted by Crippen LogP contribution is 2.37. The third-order valence-electron chi connectivity index (χ3n) is 2.30. The molecule has 0 bridgehead atoms. The molecule has 0 aliphatic rings. The molecule has 0 aliphatic heterocycles. The molecule has 0 amide bonds. The fourth-order valence-electron chi connectivity index (χ4n) is 1.42. The Morgan fingerprint density at radius 1 is 1.47 bits per heavy atom. The molecule has 0 radical (unpaired) electrons. The van der Waals surface area contributed by atoms with Crippen LogP contribution < -0.4 is 9.47 Å². The summed E-state index contributed by atoms with van der Waals surface area (Å²) in [5.74, 6) is -0.00199. The van der Waals surface area contributed by atoms with Gasteiger partial charge in [0.15, 0.2) is 17.6 Å². The summed E-state index contributed by atoms with van der Waals surface area (Å²) in [7, 11) is 1.27. The first kappa shape index (κ1) is 15.3. The largest absolute Gasteiger partial charge is 0.490 e. The highest BCUT2D eigenvalue weighted by molar-refractivity contribution is 6.32. The maximum Gasteiger partial charge on any atom is 0.346 e. The molecule has 0 aliphatic carbocycles. The Morgan fingerprint density at radius 3 is 2.68 bits per heavy atom. The van der Waals surface area contributed by atoms with E-state index < -0.39 is 12.1 Å². The number of esters is 1. The molecule has 0 unspecified atom stereocenters. The van der Waals surface area contributed by atoms with Crippen molar-refractivity contribution in [2.24, 2.45) is 0 Å². The maximum absolute atomic E-state index is 11.3. The lowest BCUT2D eigenvalue weighted by Crippen LogP contribution is -2.25. The van der Waals surface area contributed by atoms with Crippen LogP contribution >= 0.6 is 11.6 Å². The smallest absolute Gasteiger partial charge is 0.346 e. The highest BCUT2D eigenvalue weighted by Gasteiger charge is 2.20. The summed E-state index contributed by atoms with van der Waals surface area (Å²) < 4.78 is 15.4. The van der Waals surface area contributed by atoms with Gasteiger partial charge in [-0.3, -0.25) is 4.79 Å².